The lowest BCUT2D eigenvalue weighted by Crippen LogP contribution is -2.41. The summed E-state index contributed by atoms with van der Waals surface area (Å²) in [6.45, 7) is 0. The second-order valence-electron chi connectivity index (χ2n) is 9.61. The molecule has 8 nitrogen and oxygen atoms in total. The van der Waals surface area contributed by atoms with Crippen LogP contribution in [0.3, 0.4) is 0 Å². The number of ether oxygens (including phenoxy) is 1. The maximum Gasteiger partial charge on any atom is 0.335 e. The van der Waals surface area contributed by atoms with Crippen molar-refractivity contribution in [3.63, 3.8) is 0 Å². The number of benzene rings is 3. The number of likely N-dealkylation sites (N-methyl/N-ethyl adjacent to an activating group) is 1. The fraction of sp³-hybridized carbons (Fsp3) is 0.161. The first-order valence-corrected chi connectivity index (χ1v) is 13.3. The van der Waals surface area contributed by atoms with Crippen LogP contribution in [0.4, 0.5) is 5.69 Å². The van der Waals surface area contributed by atoms with Crippen molar-refractivity contribution in [3.8, 4) is 0 Å². The third-order valence-corrected chi connectivity index (χ3v) is 6.65. The van der Waals surface area contributed by atoms with E-state index in [2.05, 4.69) is 5.32 Å². The summed E-state index contributed by atoms with van der Waals surface area (Å²) in [6, 6.07) is 18.5. The predicted octanol–water partition coefficient (Wildman–Crippen LogP) is 4.05. The van der Waals surface area contributed by atoms with Crippen LogP contribution in [-0.4, -0.2) is 77.7 Å². The zero-order valence-corrected chi connectivity index (χ0v) is 24.2. The standard InChI is InChI=1S/C31H26B3ClN2O6/c1-37(18-27(43-2)23(14-15-38)25-17-21(35)10-13-24(25)28(39)31(32,33)34)26(16-19-6-4-3-5-7-19)29(40)36-22-11-8-20(9-12-22)30(41)42/h3-15,17-18,26H,16H2,1-2H3,(H,36,40)(H,41,42)/b23-14-,27-18+/t26-/m0/s1. The molecule has 2 N–H and O–H groups in total. The van der Waals surface area contributed by atoms with Crippen LogP contribution in [0.5, 0.6) is 0 Å². The number of halogens is 1. The zero-order chi connectivity index (χ0) is 31.7. The molecule has 0 heterocycles. The first-order chi connectivity index (χ1) is 20.3. The number of hydrogen-bond acceptors (Lipinski definition) is 6. The average molecular weight is 590 g/mol. The summed E-state index contributed by atoms with van der Waals surface area (Å²) < 4.78 is 5.64. The highest BCUT2D eigenvalue weighted by molar-refractivity contribution is 6.70. The minimum atomic E-state index is -2.20. The largest absolute Gasteiger partial charge is 0.495 e. The first kappa shape index (κ1) is 33.0. The average Bonchev–Trinajstić information content (AvgIpc) is 2.97. The minimum absolute atomic E-state index is 0.000936. The minimum Gasteiger partial charge on any atom is -0.495 e. The van der Waals surface area contributed by atoms with Crippen LogP contribution >= 0.6 is 11.6 Å². The predicted molar refractivity (Wildman–Crippen MR) is 169 cm³/mol. The number of methoxy groups -OCH3 is 1. The van der Waals surface area contributed by atoms with Crippen LogP contribution < -0.4 is 5.32 Å². The van der Waals surface area contributed by atoms with Crippen LogP contribution in [0.25, 0.3) is 5.57 Å². The molecule has 0 fully saturated rings. The van der Waals surface area contributed by atoms with Crippen molar-refractivity contribution < 1.29 is 29.0 Å². The van der Waals surface area contributed by atoms with Gasteiger partial charge in [-0.3, -0.25) is 14.4 Å². The van der Waals surface area contributed by atoms with Gasteiger partial charge in [0.05, 0.1) is 36.2 Å². The van der Waals surface area contributed by atoms with E-state index in [1.54, 1.807) is 11.9 Å². The van der Waals surface area contributed by atoms with E-state index in [1.165, 1.54) is 61.9 Å². The molecule has 0 aromatic heterocycles. The van der Waals surface area contributed by atoms with Crippen LogP contribution in [0.1, 0.15) is 31.8 Å². The van der Waals surface area contributed by atoms with Crippen LogP contribution in [0.2, 0.25) is 10.1 Å². The van der Waals surface area contributed by atoms with Gasteiger partial charge >= 0.3 is 5.97 Å². The number of carboxylic acid groups (broad SMARTS) is 1. The molecule has 0 saturated heterocycles. The Labute approximate surface area is 259 Å². The summed E-state index contributed by atoms with van der Waals surface area (Å²) in [4.78, 5) is 51.1. The Morgan fingerprint density at radius 2 is 1.67 bits per heavy atom. The van der Waals surface area contributed by atoms with Gasteiger partial charge in [-0.2, -0.15) is 0 Å². The van der Waals surface area contributed by atoms with E-state index in [0.717, 1.165) is 5.56 Å². The molecule has 0 aliphatic carbocycles. The number of carbonyl (C=O) groups is 4. The fourth-order valence-electron chi connectivity index (χ4n) is 4.23. The SMILES string of the molecule is [B]C([B])([B])C(=O)c1ccc(Cl)cc1C(=C/C=O)/C(=C\N(C)[C@@H](Cc1ccccc1)C(=O)Nc1ccc(C(=O)O)cc1)OC. The van der Waals surface area contributed by atoms with Gasteiger partial charge < -0.3 is 20.1 Å². The molecule has 1 atom stereocenters. The Kier molecular flexibility index (Phi) is 11.2. The highest BCUT2D eigenvalue weighted by Crippen LogP contribution is 2.33. The van der Waals surface area contributed by atoms with E-state index in [1.807, 2.05) is 30.3 Å². The molecule has 0 unspecified atom stereocenters. The van der Waals surface area contributed by atoms with Crippen molar-refractivity contribution in [2.45, 2.75) is 17.6 Å². The summed E-state index contributed by atoms with van der Waals surface area (Å²) in [5.74, 6) is -2.19. The van der Waals surface area contributed by atoms with Gasteiger partial charge in [0.15, 0.2) is 0 Å². The van der Waals surface area contributed by atoms with Crippen LogP contribution in [0.15, 0.2) is 90.8 Å². The number of rotatable bonds is 13. The first-order valence-electron chi connectivity index (χ1n) is 12.9. The summed E-state index contributed by atoms with van der Waals surface area (Å²) in [5, 5.41) is 10.0. The van der Waals surface area contributed by atoms with Crippen molar-refractivity contribution in [3.05, 3.63) is 118 Å². The number of carbonyl (C=O) groups excluding carboxylic acids is 3. The highest BCUT2D eigenvalue weighted by Gasteiger charge is 2.28. The Morgan fingerprint density at radius 1 is 1.02 bits per heavy atom. The van der Waals surface area contributed by atoms with Crippen molar-refractivity contribution in [2.24, 2.45) is 0 Å². The quantitative estimate of drug-likeness (QED) is 0.0772. The van der Waals surface area contributed by atoms with Gasteiger partial charge in [0, 0.05) is 41.5 Å². The maximum atomic E-state index is 13.6. The molecule has 3 aromatic carbocycles. The van der Waals surface area contributed by atoms with Gasteiger partial charge in [-0.15, -0.1) is 0 Å². The van der Waals surface area contributed by atoms with E-state index in [-0.39, 0.29) is 39.5 Å². The molecule has 0 aliphatic heterocycles. The van der Waals surface area contributed by atoms with Crippen LogP contribution in [-0.2, 0) is 20.7 Å². The van der Waals surface area contributed by atoms with E-state index >= 15 is 0 Å². The van der Waals surface area contributed by atoms with Gasteiger partial charge in [-0.05, 0) is 59.7 Å². The van der Waals surface area contributed by atoms with E-state index < -0.39 is 28.8 Å². The molecule has 0 bridgehead atoms. The fourth-order valence-corrected chi connectivity index (χ4v) is 4.40. The monoisotopic (exact) mass is 590 g/mol. The van der Waals surface area contributed by atoms with Gasteiger partial charge in [-0.25, -0.2) is 4.79 Å². The summed E-state index contributed by atoms with van der Waals surface area (Å²) in [7, 11) is 20.0. The zero-order valence-electron chi connectivity index (χ0n) is 23.5. The topological polar surface area (TPSA) is 113 Å². The molecule has 0 saturated carbocycles. The number of aromatic carboxylic acids is 1. The molecule has 3 aromatic rings. The Morgan fingerprint density at radius 3 is 2.23 bits per heavy atom. The summed E-state index contributed by atoms with van der Waals surface area (Å²) in [5.41, 5.74) is 1.67. The molecule has 43 heavy (non-hydrogen) atoms. The molecule has 3 rings (SSSR count). The van der Waals surface area contributed by atoms with Crippen LogP contribution in [0, 0.1) is 0 Å². The van der Waals surface area contributed by atoms with E-state index in [9.17, 15) is 24.3 Å². The summed E-state index contributed by atoms with van der Waals surface area (Å²) in [6.07, 6.45) is 3.46. The number of aldehydes is 1. The van der Waals surface area contributed by atoms with E-state index in [0.29, 0.717) is 12.0 Å². The van der Waals surface area contributed by atoms with Gasteiger partial charge in [0.2, 0.25) is 5.91 Å². The molecule has 6 radical (unpaired) electrons. The van der Waals surface area contributed by atoms with Crippen molar-refractivity contribution in [1.82, 2.24) is 4.90 Å². The van der Waals surface area contributed by atoms with Crippen molar-refractivity contribution in [1.29, 1.82) is 0 Å². The Balaban J connectivity index is 2.06. The number of ketones is 1. The molecular weight excluding hydrogens is 564 g/mol. The summed E-state index contributed by atoms with van der Waals surface area (Å²) >= 11 is 6.24. The van der Waals surface area contributed by atoms with Crippen molar-refractivity contribution >= 4 is 70.3 Å². The number of amides is 1. The third-order valence-electron chi connectivity index (χ3n) is 6.42. The van der Waals surface area contributed by atoms with E-state index in [4.69, 9.17) is 39.9 Å². The van der Waals surface area contributed by atoms with Gasteiger partial charge in [0.1, 0.15) is 23.9 Å². The molecule has 212 valence electrons. The third kappa shape index (κ3) is 8.75. The number of hydrogen-bond donors (Lipinski definition) is 2. The van der Waals surface area contributed by atoms with Gasteiger partial charge in [-0.1, -0.05) is 47.0 Å². The molecule has 0 aliphatic rings. The maximum absolute atomic E-state index is 13.6. The second-order valence-corrected chi connectivity index (χ2v) is 10.0. The molecular formula is C31H26B3ClN2O6. The lowest BCUT2D eigenvalue weighted by Gasteiger charge is -2.28. The molecule has 0 spiro atoms. The molecule has 12 heteroatoms. The highest BCUT2D eigenvalue weighted by atomic mass is 35.5. The number of Topliss-reactive ketones (excluding diaryl/α,β-unsaturated/α-hetero) is 1. The Bertz CT molecular complexity index is 1550. The smallest absolute Gasteiger partial charge is 0.335 e. The van der Waals surface area contributed by atoms with Crippen molar-refractivity contribution in [2.75, 3.05) is 19.5 Å². The molecule has 1 amide bonds. The normalized spacial score (nSPS) is 12.6. The van der Waals surface area contributed by atoms with Gasteiger partial charge in [0.25, 0.3) is 0 Å². The lowest BCUT2D eigenvalue weighted by molar-refractivity contribution is -0.120. The lowest BCUT2D eigenvalue weighted by atomic mass is 9.40. The number of nitrogens with zero attached hydrogens (tertiary/aromatic N) is 1. The number of anilines is 1. The number of nitrogens with one attached hydrogen (secondary N) is 1. The number of allylic oxidation sites excluding steroid dienone is 2. The Hall–Kier alpha value is -4.50. The second kappa shape index (κ2) is 14.6. The number of carboxylic acids is 1.